The van der Waals surface area contributed by atoms with Gasteiger partial charge in [-0.25, -0.2) is 8.42 Å². The lowest BCUT2D eigenvalue weighted by Crippen LogP contribution is -2.48. The Bertz CT molecular complexity index is 953. The lowest BCUT2D eigenvalue weighted by Gasteiger charge is -2.34. The molecule has 6 nitrogen and oxygen atoms in total. The van der Waals surface area contributed by atoms with Crippen LogP contribution in [-0.2, 0) is 10.0 Å². The maximum absolute atomic E-state index is 12.7. The molecule has 28 heavy (non-hydrogen) atoms. The number of nitrogens with one attached hydrogen (secondary N) is 1. The van der Waals surface area contributed by atoms with E-state index in [9.17, 15) is 13.2 Å². The summed E-state index contributed by atoms with van der Waals surface area (Å²) in [5.74, 6) is -0.0920. The van der Waals surface area contributed by atoms with Crippen molar-refractivity contribution in [2.75, 3.05) is 37.4 Å². The molecule has 0 spiro atoms. The standard InChI is InChI=1S/C20H24ClN3O3S/c1-3-23-10-12-24(13-11-23)20(25)16-6-9-19(18(21)14-16)22-28(26,27)17-7-4-15(2)5-8-17/h4-9,14,22H,3,10-13H2,1-2H3. The quantitative estimate of drug-likeness (QED) is 0.804. The van der Waals surface area contributed by atoms with Crippen molar-refractivity contribution in [3.63, 3.8) is 0 Å². The van der Waals surface area contributed by atoms with E-state index in [1.807, 2.05) is 6.92 Å². The number of nitrogens with zero attached hydrogens (tertiary/aromatic N) is 2. The second kappa shape index (κ2) is 8.51. The van der Waals surface area contributed by atoms with Crippen LogP contribution >= 0.6 is 11.6 Å². The van der Waals surface area contributed by atoms with Crippen LogP contribution in [0.5, 0.6) is 0 Å². The summed E-state index contributed by atoms with van der Waals surface area (Å²) < 4.78 is 27.6. The first-order valence-electron chi connectivity index (χ1n) is 9.21. The number of amides is 1. The van der Waals surface area contributed by atoms with Gasteiger partial charge in [0.2, 0.25) is 0 Å². The summed E-state index contributed by atoms with van der Waals surface area (Å²) in [7, 11) is -3.75. The van der Waals surface area contributed by atoms with Gasteiger partial charge < -0.3 is 9.80 Å². The molecule has 150 valence electrons. The number of halogens is 1. The van der Waals surface area contributed by atoms with Gasteiger partial charge >= 0.3 is 0 Å². The molecule has 0 radical (unpaired) electrons. The van der Waals surface area contributed by atoms with E-state index >= 15 is 0 Å². The first-order valence-corrected chi connectivity index (χ1v) is 11.1. The Labute approximate surface area is 171 Å². The normalized spacial score (nSPS) is 15.5. The highest BCUT2D eigenvalue weighted by Gasteiger charge is 2.22. The largest absolute Gasteiger partial charge is 0.336 e. The number of piperazine rings is 1. The molecule has 1 heterocycles. The summed E-state index contributed by atoms with van der Waals surface area (Å²) in [4.78, 5) is 17.0. The molecule has 3 rings (SSSR count). The van der Waals surface area contributed by atoms with Crippen LogP contribution in [0, 0.1) is 6.92 Å². The number of sulfonamides is 1. The summed E-state index contributed by atoms with van der Waals surface area (Å²) in [6.45, 7) is 8.02. The molecule has 2 aromatic rings. The molecule has 1 amide bonds. The van der Waals surface area contributed by atoms with Crippen molar-refractivity contribution in [3.05, 3.63) is 58.6 Å². The Balaban J connectivity index is 1.73. The van der Waals surface area contributed by atoms with E-state index < -0.39 is 10.0 Å². The van der Waals surface area contributed by atoms with Crippen LogP contribution in [0.2, 0.25) is 5.02 Å². The van der Waals surface area contributed by atoms with Crippen molar-refractivity contribution < 1.29 is 13.2 Å². The monoisotopic (exact) mass is 421 g/mol. The summed E-state index contributed by atoms with van der Waals surface area (Å²) in [6.07, 6.45) is 0. The molecule has 1 fully saturated rings. The fourth-order valence-corrected chi connectivity index (χ4v) is 4.47. The van der Waals surface area contributed by atoms with Crippen molar-refractivity contribution in [2.45, 2.75) is 18.7 Å². The van der Waals surface area contributed by atoms with Crippen LogP contribution in [0.25, 0.3) is 0 Å². The zero-order valence-corrected chi connectivity index (χ0v) is 17.6. The molecule has 1 N–H and O–H groups in total. The van der Waals surface area contributed by atoms with Crippen molar-refractivity contribution in [1.82, 2.24) is 9.80 Å². The molecule has 0 aliphatic carbocycles. The summed E-state index contributed by atoms with van der Waals surface area (Å²) >= 11 is 6.27. The van der Waals surface area contributed by atoms with E-state index in [-0.39, 0.29) is 21.5 Å². The Morgan fingerprint density at radius 2 is 1.71 bits per heavy atom. The van der Waals surface area contributed by atoms with Crippen molar-refractivity contribution >= 4 is 33.2 Å². The maximum Gasteiger partial charge on any atom is 0.261 e. The molecule has 2 aromatic carbocycles. The zero-order valence-electron chi connectivity index (χ0n) is 16.0. The van der Waals surface area contributed by atoms with Gasteiger partial charge in [-0.05, 0) is 43.8 Å². The summed E-state index contributed by atoms with van der Waals surface area (Å²) in [5, 5.41) is 0.189. The highest BCUT2D eigenvalue weighted by atomic mass is 35.5. The van der Waals surface area contributed by atoms with E-state index in [0.29, 0.717) is 18.7 Å². The van der Waals surface area contributed by atoms with Gasteiger partial charge in [0, 0.05) is 31.7 Å². The molecule has 0 unspecified atom stereocenters. The Hall–Kier alpha value is -2.09. The van der Waals surface area contributed by atoms with Gasteiger partial charge in [0.15, 0.2) is 0 Å². The van der Waals surface area contributed by atoms with Crippen LogP contribution in [0.4, 0.5) is 5.69 Å². The van der Waals surface area contributed by atoms with Gasteiger partial charge in [0.25, 0.3) is 15.9 Å². The minimum absolute atomic E-state index is 0.0920. The van der Waals surface area contributed by atoms with Crippen LogP contribution in [-0.4, -0.2) is 56.8 Å². The van der Waals surface area contributed by atoms with Crippen molar-refractivity contribution in [2.24, 2.45) is 0 Å². The number of anilines is 1. The fourth-order valence-electron chi connectivity index (χ4n) is 3.10. The molecule has 0 bridgehead atoms. The highest BCUT2D eigenvalue weighted by molar-refractivity contribution is 7.92. The van der Waals surface area contributed by atoms with E-state index in [0.717, 1.165) is 25.2 Å². The molecular weight excluding hydrogens is 398 g/mol. The van der Waals surface area contributed by atoms with Crippen LogP contribution in [0.1, 0.15) is 22.8 Å². The molecule has 1 aliphatic heterocycles. The average molecular weight is 422 g/mol. The van der Waals surface area contributed by atoms with Gasteiger partial charge in [-0.3, -0.25) is 9.52 Å². The smallest absolute Gasteiger partial charge is 0.261 e. The Kier molecular flexibility index (Phi) is 6.27. The topological polar surface area (TPSA) is 69.7 Å². The second-order valence-corrected chi connectivity index (χ2v) is 8.93. The lowest BCUT2D eigenvalue weighted by molar-refractivity contribution is 0.0643. The number of carbonyl (C=O) groups excluding carboxylic acids is 1. The highest BCUT2D eigenvalue weighted by Crippen LogP contribution is 2.26. The van der Waals surface area contributed by atoms with E-state index in [4.69, 9.17) is 11.6 Å². The third kappa shape index (κ3) is 4.66. The predicted octanol–water partition coefficient (Wildman–Crippen LogP) is 3.23. The Morgan fingerprint density at radius 1 is 1.07 bits per heavy atom. The summed E-state index contributed by atoms with van der Waals surface area (Å²) in [6, 6.07) is 11.2. The second-order valence-electron chi connectivity index (χ2n) is 6.84. The molecule has 1 aliphatic rings. The molecule has 1 saturated heterocycles. The van der Waals surface area contributed by atoms with Gasteiger partial charge in [0.1, 0.15) is 0 Å². The van der Waals surface area contributed by atoms with E-state index in [1.54, 1.807) is 35.2 Å². The summed E-state index contributed by atoms with van der Waals surface area (Å²) in [5.41, 5.74) is 1.67. The molecule has 0 saturated carbocycles. The molecule has 0 atom stereocenters. The predicted molar refractivity (Wildman–Crippen MR) is 111 cm³/mol. The SMILES string of the molecule is CCN1CCN(C(=O)c2ccc(NS(=O)(=O)c3ccc(C)cc3)c(Cl)c2)CC1. The van der Waals surface area contributed by atoms with Gasteiger partial charge in [-0.1, -0.05) is 36.2 Å². The fraction of sp³-hybridized carbons (Fsp3) is 0.350. The van der Waals surface area contributed by atoms with E-state index in [2.05, 4.69) is 16.5 Å². The zero-order chi connectivity index (χ0) is 20.3. The van der Waals surface area contributed by atoms with Crippen LogP contribution < -0.4 is 4.72 Å². The van der Waals surface area contributed by atoms with Crippen molar-refractivity contribution in [3.8, 4) is 0 Å². The molecule has 0 aromatic heterocycles. The first-order chi connectivity index (χ1) is 13.3. The number of likely N-dealkylation sites (N-methyl/N-ethyl adjacent to an activating group) is 1. The lowest BCUT2D eigenvalue weighted by atomic mass is 10.1. The van der Waals surface area contributed by atoms with Crippen LogP contribution in [0.3, 0.4) is 0 Å². The number of aryl methyl sites for hydroxylation is 1. The van der Waals surface area contributed by atoms with Crippen LogP contribution in [0.15, 0.2) is 47.4 Å². The number of carbonyl (C=O) groups is 1. The first kappa shape index (κ1) is 20.6. The number of rotatable bonds is 5. The number of hydrogen-bond acceptors (Lipinski definition) is 4. The van der Waals surface area contributed by atoms with Crippen molar-refractivity contribution in [1.29, 1.82) is 0 Å². The third-order valence-electron chi connectivity index (χ3n) is 4.90. The van der Waals surface area contributed by atoms with Gasteiger partial charge in [0.05, 0.1) is 15.6 Å². The minimum Gasteiger partial charge on any atom is -0.336 e. The van der Waals surface area contributed by atoms with Gasteiger partial charge in [-0.15, -0.1) is 0 Å². The number of benzene rings is 2. The third-order valence-corrected chi connectivity index (χ3v) is 6.59. The van der Waals surface area contributed by atoms with Gasteiger partial charge in [-0.2, -0.15) is 0 Å². The average Bonchev–Trinajstić information content (AvgIpc) is 2.69. The molecule has 8 heteroatoms. The maximum atomic E-state index is 12.7. The number of hydrogen-bond donors (Lipinski definition) is 1. The minimum atomic E-state index is -3.75. The Morgan fingerprint density at radius 3 is 2.29 bits per heavy atom. The van der Waals surface area contributed by atoms with E-state index in [1.165, 1.54) is 12.1 Å². The molecular formula is C20H24ClN3O3S.